The van der Waals surface area contributed by atoms with E-state index >= 15 is 0 Å². The maximum absolute atomic E-state index is 13.7. The van der Waals surface area contributed by atoms with Crippen molar-refractivity contribution in [1.29, 1.82) is 0 Å². The van der Waals surface area contributed by atoms with Gasteiger partial charge in [0.15, 0.2) is 0 Å². The lowest BCUT2D eigenvalue weighted by Gasteiger charge is -2.38. The summed E-state index contributed by atoms with van der Waals surface area (Å²) >= 11 is 18.7. The van der Waals surface area contributed by atoms with Crippen LogP contribution in [0.3, 0.4) is 0 Å². The largest absolute Gasteiger partial charge is 0.497 e. The van der Waals surface area contributed by atoms with Gasteiger partial charge in [0, 0.05) is 74.3 Å². The fourth-order valence-corrected chi connectivity index (χ4v) is 14.4. The summed E-state index contributed by atoms with van der Waals surface area (Å²) in [5, 5.41) is 4.73. The van der Waals surface area contributed by atoms with Gasteiger partial charge in [-0.1, -0.05) is 82.8 Å². The summed E-state index contributed by atoms with van der Waals surface area (Å²) in [6, 6.07) is 46.8. The first-order valence-corrected chi connectivity index (χ1v) is 37.0. The number of carbonyl (C=O) groups excluding carboxylic acids is 5. The maximum atomic E-state index is 13.7. The molecule has 4 aromatic heterocycles. The number of rotatable bonds is 8. The summed E-state index contributed by atoms with van der Waals surface area (Å²) in [4.78, 5) is 84.3. The van der Waals surface area contributed by atoms with Crippen molar-refractivity contribution in [3.63, 3.8) is 0 Å². The third-order valence-electron chi connectivity index (χ3n) is 18.3. The molecule has 21 nitrogen and oxygen atoms in total. The molecule has 24 heteroatoms. The summed E-state index contributed by atoms with van der Waals surface area (Å²) in [6.45, 7) is 25.5. The lowest BCUT2D eigenvalue weighted by molar-refractivity contribution is 0.0157. The van der Waals surface area contributed by atoms with E-state index in [4.69, 9.17) is 72.7 Å². The van der Waals surface area contributed by atoms with E-state index < -0.39 is 71.0 Å². The molecule has 7 aromatic carbocycles. The number of fused-ring (bicyclic) bond motifs is 9. The standard InChI is InChI=1S/C29H36N2O5.C28H20Cl2N4O3.C28H33ClN2O5/c1-18-9-14-23-22(17-18)21-15-16-30(26(32)35-28(2,3)4)24(19-10-12-20(34-8)13-11-19)25(21)31(23)27(33)36-29(5,6)7;29-18-3-8-21(9-4-18)37-28(35)34-14-12-22-23-15-19(30)5-10-24(23)33-26(22)27(34)17-1-6-20(7-2-17)36-25-11-13-31-16-32-25;1-27(2,3)35-25(32)30-15-14-20-21-16-18(29)10-13-22(21)31(26(33)36-28(4,5)6)24(20)23(30)17-8-11-19(34-7)12-9-17/h9-14,17,24H,15-16H2,1-8H3;1-11,13,15-16,27,33H,12,14H2;8-13,16,23H,14-15H2,1-7H3/t;27-;/m.0./s1. The minimum atomic E-state index is -0.706. The van der Waals surface area contributed by atoms with Gasteiger partial charge < -0.3 is 42.9 Å². The number of aryl methyl sites for hydroxylation is 1. The smallest absolute Gasteiger partial charge is 0.419 e. The molecule has 0 radical (unpaired) electrons. The summed E-state index contributed by atoms with van der Waals surface area (Å²) < 4.78 is 48.7. The predicted molar refractivity (Wildman–Crippen MR) is 421 cm³/mol. The Kier molecular flexibility index (Phi) is 22.5. The van der Waals surface area contributed by atoms with Gasteiger partial charge in [-0.3, -0.25) is 14.7 Å². The summed E-state index contributed by atoms with van der Waals surface area (Å²) in [5.74, 6) is 2.90. The number of hydrogen-bond acceptors (Lipinski definition) is 15. The fraction of sp³-hybridized carbons (Fsp3) is 0.329. The van der Waals surface area contributed by atoms with E-state index in [9.17, 15) is 24.0 Å². The average molecular weight is 1540 g/mol. The Morgan fingerprint density at radius 3 is 1.30 bits per heavy atom. The molecule has 7 heterocycles. The van der Waals surface area contributed by atoms with Gasteiger partial charge in [-0.2, -0.15) is 0 Å². The first-order valence-electron chi connectivity index (χ1n) is 35.9. The number of aromatic nitrogens is 5. The molecule has 1 N–H and O–H groups in total. The Balaban J connectivity index is 0.000000152. The van der Waals surface area contributed by atoms with Crippen LogP contribution in [-0.2, 0) is 38.2 Å². The summed E-state index contributed by atoms with van der Waals surface area (Å²) in [7, 11) is 3.22. The average Bonchev–Trinajstić information content (AvgIpc) is 1.59. The number of ether oxygens (including phenoxy) is 8. The topological polar surface area (TPSA) is 220 Å². The van der Waals surface area contributed by atoms with Crippen molar-refractivity contribution in [3.05, 3.63) is 241 Å². The number of nitrogens with zero attached hydrogens (tertiary/aromatic N) is 7. The molecule has 3 atom stereocenters. The van der Waals surface area contributed by atoms with Gasteiger partial charge in [0.1, 0.15) is 69.9 Å². The number of carbonyl (C=O) groups is 5. The third-order valence-corrected chi connectivity index (χ3v) is 19.0. The molecule has 109 heavy (non-hydrogen) atoms. The highest BCUT2D eigenvalue weighted by atomic mass is 35.5. The van der Waals surface area contributed by atoms with Crippen LogP contribution in [-0.4, -0.2) is 126 Å². The van der Waals surface area contributed by atoms with E-state index in [2.05, 4.69) is 21.0 Å². The van der Waals surface area contributed by atoms with Crippen molar-refractivity contribution in [2.24, 2.45) is 0 Å². The molecule has 11 aromatic rings. The molecule has 0 bridgehead atoms. The molecule has 0 saturated carbocycles. The molecule has 0 fully saturated rings. The van der Waals surface area contributed by atoms with Crippen LogP contribution in [0.1, 0.15) is 157 Å². The molecule has 0 spiro atoms. The fourth-order valence-electron chi connectivity index (χ4n) is 13.9. The van der Waals surface area contributed by atoms with Gasteiger partial charge in [0.2, 0.25) is 5.88 Å². The molecule has 0 aliphatic carbocycles. The Morgan fingerprint density at radius 2 is 0.835 bits per heavy atom. The molecule has 568 valence electrons. The highest BCUT2D eigenvalue weighted by molar-refractivity contribution is 6.32. The second-order valence-corrected chi connectivity index (χ2v) is 32.1. The molecular formula is C85H89Cl3N8O13. The van der Waals surface area contributed by atoms with Crippen LogP contribution in [0.15, 0.2) is 170 Å². The first kappa shape index (κ1) is 77.9. The molecule has 3 amide bonds. The minimum absolute atomic E-state index is 0.400. The third kappa shape index (κ3) is 17.7. The normalized spacial score (nSPS) is 15.6. The van der Waals surface area contributed by atoms with E-state index in [0.717, 1.165) is 77.5 Å². The van der Waals surface area contributed by atoms with Crippen molar-refractivity contribution in [2.45, 2.75) is 150 Å². The molecule has 3 aliphatic heterocycles. The van der Waals surface area contributed by atoms with E-state index in [1.165, 1.54) is 6.33 Å². The monoisotopic (exact) mass is 1530 g/mol. The van der Waals surface area contributed by atoms with Crippen LogP contribution in [0.2, 0.25) is 15.1 Å². The van der Waals surface area contributed by atoms with Crippen LogP contribution in [0, 0.1) is 6.92 Å². The Bertz CT molecular complexity index is 4990. The molecule has 3 aliphatic rings. The number of aromatic amines is 1. The SMILES string of the molecule is COc1ccc(C2c3c(c4cc(C)ccc4n3C(=O)OC(C)(C)C)CCN2C(=O)OC(C)(C)C)cc1.COc1ccc(C2c3c(c4cc(Cl)ccc4n3C(=O)OC(C)(C)C)CCN2C(=O)OC(C)(C)C)cc1.O=C(Oc1ccc(Cl)cc1)N1CCc2c([nH]c3ccc(Cl)cc23)[C@@H]1c1ccc(Oc2ccncn2)cc1. The second kappa shape index (κ2) is 31.5. The zero-order chi connectivity index (χ0) is 78.2. The van der Waals surface area contributed by atoms with Crippen LogP contribution in [0.4, 0.5) is 24.0 Å². The Labute approximate surface area is 648 Å². The summed E-state index contributed by atoms with van der Waals surface area (Å²) in [6.07, 6.45) is 2.53. The zero-order valence-electron chi connectivity index (χ0n) is 63.7. The van der Waals surface area contributed by atoms with Crippen LogP contribution in [0.5, 0.6) is 28.9 Å². The Morgan fingerprint density at radius 1 is 0.431 bits per heavy atom. The Hall–Kier alpha value is -10.7. The van der Waals surface area contributed by atoms with E-state index in [1.54, 1.807) is 80.6 Å². The van der Waals surface area contributed by atoms with Crippen LogP contribution >= 0.6 is 34.8 Å². The zero-order valence-corrected chi connectivity index (χ0v) is 66.0. The van der Waals surface area contributed by atoms with Crippen molar-refractivity contribution < 1.29 is 61.9 Å². The highest BCUT2D eigenvalue weighted by Crippen LogP contribution is 2.46. The van der Waals surface area contributed by atoms with Gasteiger partial charge in [-0.15, -0.1) is 0 Å². The number of hydrogen-bond donors (Lipinski definition) is 1. The van der Waals surface area contributed by atoms with Crippen LogP contribution in [0.25, 0.3) is 32.7 Å². The number of benzene rings is 7. The van der Waals surface area contributed by atoms with Crippen molar-refractivity contribution >= 4 is 98.0 Å². The van der Waals surface area contributed by atoms with Crippen LogP contribution < -0.4 is 18.9 Å². The van der Waals surface area contributed by atoms with Gasteiger partial charge in [-0.05, 0) is 252 Å². The minimum Gasteiger partial charge on any atom is -0.497 e. The lowest BCUT2D eigenvalue weighted by atomic mass is 9.92. The van der Waals surface area contributed by atoms with Gasteiger partial charge in [-0.25, -0.2) is 43.1 Å². The van der Waals surface area contributed by atoms with E-state index in [-0.39, 0.29) is 0 Å². The van der Waals surface area contributed by atoms with Crippen molar-refractivity contribution in [2.75, 3.05) is 33.9 Å². The number of methoxy groups -OCH3 is 2. The second-order valence-electron chi connectivity index (χ2n) is 30.8. The lowest BCUT2D eigenvalue weighted by Crippen LogP contribution is -2.44. The van der Waals surface area contributed by atoms with Crippen molar-refractivity contribution in [1.82, 2.24) is 38.8 Å². The number of amides is 3. The molecule has 14 rings (SSSR count). The van der Waals surface area contributed by atoms with Crippen molar-refractivity contribution in [3.8, 4) is 28.9 Å². The summed E-state index contributed by atoms with van der Waals surface area (Å²) in [5.41, 5.74) is 8.85. The molecular weight excluding hydrogens is 1450 g/mol. The van der Waals surface area contributed by atoms with Gasteiger partial charge in [0.05, 0.1) is 36.6 Å². The highest BCUT2D eigenvalue weighted by Gasteiger charge is 2.44. The van der Waals surface area contributed by atoms with Gasteiger partial charge >= 0.3 is 30.5 Å². The van der Waals surface area contributed by atoms with E-state index in [1.807, 2.05) is 205 Å². The van der Waals surface area contributed by atoms with E-state index in [0.29, 0.717) is 94.1 Å². The van der Waals surface area contributed by atoms with Gasteiger partial charge in [0.25, 0.3) is 0 Å². The molecule has 0 saturated heterocycles. The number of H-pyrrole nitrogens is 1. The predicted octanol–water partition coefficient (Wildman–Crippen LogP) is 20.8. The quantitative estimate of drug-likeness (QED) is 0.140. The number of halogens is 3. The maximum Gasteiger partial charge on any atom is 0.419 e. The first-order chi connectivity index (χ1) is 51.6. The molecule has 2 unspecified atom stereocenters. The number of nitrogens with one attached hydrogen (secondary N) is 1.